The van der Waals surface area contributed by atoms with Crippen molar-refractivity contribution in [1.82, 2.24) is 5.54 Å². The van der Waals surface area contributed by atoms with Crippen LogP contribution in [0.25, 0.3) is 0 Å². The third-order valence-electron chi connectivity index (χ3n) is 1.44. The maximum atomic E-state index is 11.6. The molecule has 0 fully saturated rings. The van der Waals surface area contributed by atoms with E-state index in [9.17, 15) is 9.28 Å². The molecular formula is C8H9FN2O2. The highest BCUT2D eigenvalue weighted by atomic mass is 19.2. The molecule has 0 atom stereocenters. The zero-order chi connectivity index (χ0) is 9.68. The van der Waals surface area contributed by atoms with Gasteiger partial charge in [0.05, 0.1) is 12.8 Å². The molecule has 0 aliphatic heterocycles. The molecule has 0 aliphatic carbocycles. The van der Waals surface area contributed by atoms with Crippen molar-refractivity contribution in [2.75, 3.05) is 12.4 Å². The van der Waals surface area contributed by atoms with Crippen LogP contribution >= 0.6 is 0 Å². The molecule has 2 amide bonds. The number of anilines is 1. The number of carbonyl (C=O) groups excluding carboxylic acids is 1. The summed E-state index contributed by atoms with van der Waals surface area (Å²) in [7, 11) is 1.47. The molecule has 0 aliphatic rings. The molecule has 0 unspecified atom stereocenters. The molecular weight excluding hydrogens is 175 g/mol. The Morgan fingerprint density at radius 3 is 2.77 bits per heavy atom. The maximum absolute atomic E-state index is 11.6. The molecule has 0 spiro atoms. The first kappa shape index (κ1) is 9.31. The van der Waals surface area contributed by atoms with Gasteiger partial charge in [-0.05, 0) is 12.1 Å². The van der Waals surface area contributed by atoms with Gasteiger partial charge < -0.3 is 10.1 Å². The number of methoxy groups -OCH3 is 1. The minimum Gasteiger partial charge on any atom is -0.495 e. The van der Waals surface area contributed by atoms with E-state index in [2.05, 4.69) is 5.32 Å². The van der Waals surface area contributed by atoms with Gasteiger partial charge in [0.2, 0.25) is 0 Å². The monoisotopic (exact) mass is 184 g/mol. The fourth-order valence-electron chi connectivity index (χ4n) is 0.894. The zero-order valence-electron chi connectivity index (χ0n) is 7.00. The molecule has 4 nitrogen and oxygen atoms in total. The van der Waals surface area contributed by atoms with Gasteiger partial charge in [0.15, 0.2) is 0 Å². The number of benzene rings is 1. The van der Waals surface area contributed by atoms with Crippen molar-refractivity contribution in [3.63, 3.8) is 0 Å². The van der Waals surface area contributed by atoms with Crippen LogP contribution in [-0.2, 0) is 0 Å². The second-order valence-electron chi connectivity index (χ2n) is 2.25. The number of hydrogen-bond acceptors (Lipinski definition) is 2. The van der Waals surface area contributed by atoms with Crippen LogP contribution < -0.4 is 15.6 Å². The molecule has 2 N–H and O–H groups in total. The topological polar surface area (TPSA) is 50.4 Å². The molecule has 0 saturated carbocycles. The van der Waals surface area contributed by atoms with Gasteiger partial charge in [0, 0.05) is 0 Å². The Labute approximate surface area is 74.6 Å². The number of ether oxygens (including phenoxy) is 1. The molecule has 0 radical (unpaired) electrons. The highest BCUT2D eigenvalue weighted by Gasteiger charge is 2.04. The van der Waals surface area contributed by atoms with E-state index in [4.69, 9.17) is 4.74 Å². The second-order valence-corrected chi connectivity index (χ2v) is 2.25. The standard InChI is InChI=1S/C8H9FN2O2/c1-13-7-5-3-2-4-6(7)10-8(12)11-9/h2-5H,1H3,(H2,10,11,12). The van der Waals surface area contributed by atoms with Crippen molar-refractivity contribution < 1.29 is 14.0 Å². The molecule has 0 aromatic heterocycles. The zero-order valence-corrected chi connectivity index (χ0v) is 7.00. The maximum Gasteiger partial charge on any atom is 0.347 e. The van der Waals surface area contributed by atoms with Gasteiger partial charge in [-0.3, -0.25) is 0 Å². The Morgan fingerprint density at radius 1 is 1.46 bits per heavy atom. The van der Waals surface area contributed by atoms with Crippen molar-refractivity contribution in [3.8, 4) is 5.75 Å². The summed E-state index contributed by atoms with van der Waals surface area (Å²) in [4.78, 5) is 10.6. The summed E-state index contributed by atoms with van der Waals surface area (Å²) in [6.45, 7) is 0. The van der Waals surface area contributed by atoms with E-state index < -0.39 is 6.03 Å². The number of amides is 2. The number of hydrogen-bond donors (Lipinski definition) is 2. The molecule has 0 heterocycles. The van der Waals surface area contributed by atoms with Gasteiger partial charge in [0.1, 0.15) is 5.75 Å². The van der Waals surface area contributed by atoms with E-state index in [1.807, 2.05) is 0 Å². The summed E-state index contributed by atoms with van der Waals surface area (Å²) in [5.41, 5.74) is 1.38. The minimum absolute atomic E-state index is 0.417. The molecule has 1 aromatic rings. The van der Waals surface area contributed by atoms with E-state index in [0.717, 1.165) is 5.54 Å². The first-order valence-corrected chi connectivity index (χ1v) is 3.58. The number of para-hydroxylation sites is 2. The Kier molecular flexibility index (Phi) is 3.08. The van der Waals surface area contributed by atoms with Gasteiger partial charge in [-0.25, -0.2) is 4.79 Å². The summed E-state index contributed by atoms with van der Waals surface area (Å²) in [6.07, 6.45) is 0. The second kappa shape index (κ2) is 4.30. The summed E-state index contributed by atoms with van der Waals surface area (Å²) in [5, 5.41) is 2.26. The van der Waals surface area contributed by atoms with Gasteiger partial charge in [-0.2, -0.15) is 5.54 Å². The Bertz CT molecular complexity index is 304. The Balaban J connectivity index is 2.81. The van der Waals surface area contributed by atoms with Crippen LogP contribution in [0.3, 0.4) is 0 Å². The minimum atomic E-state index is -0.926. The van der Waals surface area contributed by atoms with Gasteiger partial charge in [-0.15, -0.1) is 0 Å². The lowest BCUT2D eigenvalue weighted by Gasteiger charge is -2.07. The largest absolute Gasteiger partial charge is 0.495 e. The molecule has 1 aromatic carbocycles. The molecule has 0 bridgehead atoms. The van der Waals surface area contributed by atoms with E-state index >= 15 is 0 Å². The Morgan fingerprint density at radius 2 is 2.15 bits per heavy atom. The fourth-order valence-corrected chi connectivity index (χ4v) is 0.894. The summed E-state index contributed by atoms with van der Waals surface area (Å²) >= 11 is 0. The first-order chi connectivity index (χ1) is 6.27. The lowest BCUT2D eigenvalue weighted by atomic mass is 10.3. The first-order valence-electron chi connectivity index (χ1n) is 3.58. The number of urea groups is 1. The van der Waals surface area contributed by atoms with Crippen molar-refractivity contribution in [1.29, 1.82) is 0 Å². The Hall–Kier alpha value is -1.78. The number of halogens is 1. The van der Waals surface area contributed by atoms with Gasteiger partial charge >= 0.3 is 6.03 Å². The number of rotatable bonds is 2. The van der Waals surface area contributed by atoms with E-state index in [1.54, 1.807) is 24.3 Å². The normalized spacial score (nSPS) is 9.08. The van der Waals surface area contributed by atoms with Crippen molar-refractivity contribution in [2.45, 2.75) is 0 Å². The van der Waals surface area contributed by atoms with E-state index in [0.29, 0.717) is 11.4 Å². The lowest BCUT2D eigenvalue weighted by molar-refractivity contribution is 0.229. The van der Waals surface area contributed by atoms with Crippen LogP contribution in [0.15, 0.2) is 24.3 Å². The molecule has 13 heavy (non-hydrogen) atoms. The number of nitrogens with one attached hydrogen (secondary N) is 2. The van der Waals surface area contributed by atoms with Crippen LogP contribution in [0.1, 0.15) is 0 Å². The third-order valence-corrected chi connectivity index (χ3v) is 1.44. The van der Waals surface area contributed by atoms with Crippen LogP contribution in [0.2, 0.25) is 0 Å². The fraction of sp³-hybridized carbons (Fsp3) is 0.125. The molecule has 70 valence electrons. The van der Waals surface area contributed by atoms with Crippen LogP contribution in [0.4, 0.5) is 15.0 Å². The summed E-state index contributed by atoms with van der Waals surface area (Å²) < 4.78 is 16.5. The lowest BCUT2D eigenvalue weighted by Crippen LogP contribution is -2.21. The highest BCUT2D eigenvalue weighted by molar-refractivity contribution is 5.90. The van der Waals surface area contributed by atoms with Crippen LogP contribution in [0, 0.1) is 0 Å². The molecule has 1 rings (SSSR count). The third kappa shape index (κ3) is 2.33. The molecule has 5 heteroatoms. The van der Waals surface area contributed by atoms with Crippen molar-refractivity contribution in [2.24, 2.45) is 0 Å². The van der Waals surface area contributed by atoms with Crippen LogP contribution in [-0.4, -0.2) is 13.1 Å². The molecule has 0 saturated heterocycles. The highest BCUT2D eigenvalue weighted by Crippen LogP contribution is 2.22. The van der Waals surface area contributed by atoms with E-state index in [-0.39, 0.29) is 0 Å². The van der Waals surface area contributed by atoms with Crippen molar-refractivity contribution >= 4 is 11.7 Å². The smallest absolute Gasteiger partial charge is 0.347 e. The van der Waals surface area contributed by atoms with Crippen LogP contribution in [0.5, 0.6) is 5.75 Å². The number of carbonyl (C=O) groups is 1. The summed E-state index contributed by atoms with van der Waals surface area (Å²) in [5.74, 6) is 0.478. The average Bonchev–Trinajstić information content (AvgIpc) is 2.18. The predicted octanol–water partition coefficient (Wildman–Crippen LogP) is 1.70. The van der Waals surface area contributed by atoms with Gasteiger partial charge in [0.25, 0.3) is 0 Å². The van der Waals surface area contributed by atoms with Gasteiger partial charge in [-0.1, -0.05) is 16.6 Å². The average molecular weight is 184 g/mol. The SMILES string of the molecule is COc1ccccc1NC(=O)NF. The predicted molar refractivity (Wildman–Crippen MR) is 46.3 cm³/mol. The summed E-state index contributed by atoms with van der Waals surface area (Å²) in [6, 6.07) is 5.79. The van der Waals surface area contributed by atoms with Crippen molar-refractivity contribution in [3.05, 3.63) is 24.3 Å². The quantitative estimate of drug-likeness (QED) is 0.687. The van der Waals surface area contributed by atoms with E-state index in [1.165, 1.54) is 7.11 Å².